The van der Waals surface area contributed by atoms with Gasteiger partial charge in [-0.2, -0.15) is 0 Å². The zero-order valence-electron chi connectivity index (χ0n) is 13.9. The van der Waals surface area contributed by atoms with Crippen LogP contribution in [0.3, 0.4) is 0 Å². The van der Waals surface area contributed by atoms with Crippen molar-refractivity contribution in [1.29, 1.82) is 0 Å². The van der Waals surface area contributed by atoms with Crippen molar-refractivity contribution in [2.24, 2.45) is 0 Å². The van der Waals surface area contributed by atoms with E-state index in [1.165, 1.54) is 30.4 Å². The summed E-state index contributed by atoms with van der Waals surface area (Å²) in [5, 5.41) is 0. The molecule has 0 heteroatoms. The second kappa shape index (κ2) is 12.7. The van der Waals surface area contributed by atoms with Crippen molar-refractivity contribution in [2.75, 3.05) is 0 Å². The lowest BCUT2D eigenvalue weighted by Gasteiger charge is -2.19. The van der Waals surface area contributed by atoms with Crippen LogP contribution in [-0.2, 0) is 0 Å². The van der Waals surface area contributed by atoms with E-state index in [9.17, 15) is 0 Å². The van der Waals surface area contributed by atoms with Gasteiger partial charge in [-0.05, 0) is 49.3 Å². The van der Waals surface area contributed by atoms with Crippen molar-refractivity contribution in [2.45, 2.75) is 80.6 Å². The molecule has 0 heterocycles. The first-order valence-corrected chi connectivity index (χ1v) is 7.76. The molecule has 0 spiro atoms. The summed E-state index contributed by atoms with van der Waals surface area (Å²) in [6, 6.07) is 6.63. The first-order valence-electron chi connectivity index (χ1n) is 7.76. The molecule has 1 rings (SSSR count). The number of rotatable bonds is 4. The lowest BCUT2D eigenvalue weighted by molar-refractivity contribution is 0.590. The van der Waals surface area contributed by atoms with Gasteiger partial charge in [0, 0.05) is 0 Å². The van der Waals surface area contributed by atoms with Gasteiger partial charge in [-0.15, -0.1) is 0 Å². The molecule has 0 aliphatic heterocycles. The molecule has 0 fully saturated rings. The summed E-state index contributed by atoms with van der Waals surface area (Å²) in [7, 11) is 0. The van der Waals surface area contributed by atoms with Crippen LogP contribution in [0.5, 0.6) is 0 Å². The van der Waals surface area contributed by atoms with E-state index in [0.717, 1.165) is 5.92 Å². The molecule has 106 valence electrons. The average Bonchev–Trinajstić information content (AvgIpc) is 2.42. The monoisotopic (exact) mass is 250 g/mol. The van der Waals surface area contributed by atoms with E-state index in [4.69, 9.17) is 0 Å². The molecule has 0 aromatic heterocycles. The third-order valence-electron chi connectivity index (χ3n) is 3.08. The number of hydrogen-bond acceptors (Lipinski definition) is 0. The van der Waals surface area contributed by atoms with Crippen LogP contribution < -0.4 is 0 Å². The summed E-state index contributed by atoms with van der Waals surface area (Å²) in [6.07, 6.45) is 3.87. The van der Waals surface area contributed by atoms with Gasteiger partial charge < -0.3 is 0 Å². The molecule has 1 unspecified atom stereocenters. The van der Waals surface area contributed by atoms with E-state index < -0.39 is 0 Å². The summed E-state index contributed by atoms with van der Waals surface area (Å²) >= 11 is 0. The normalized spacial score (nSPS) is 10.7. The maximum atomic E-state index is 2.30. The Balaban J connectivity index is 0. The Labute approximate surface area is 116 Å². The summed E-state index contributed by atoms with van der Waals surface area (Å²) in [6.45, 7) is 17.0. The van der Waals surface area contributed by atoms with Gasteiger partial charge in [-0.1, -0.05) is 66.2 Å². The molecule has 1 aromatic rings. The van der Waals surface area contributed by atoms with Gasteiger partial charge >= 0.3 is 0 Å². The van der Waals surface area contributed by atoms with Crippen molar-refractivity contribution < 1.29 is 0 Å². The quantitative estimate of drug-likeness (QED) is 0.561. The van der Waals surface area contributed by atoms with Gasteiger partial charge in [0.15, 0.2) is 0 Å². The van der Waals surface area contributed by atoms with Crippen molar-refractivity contribution in [3.8, 4) is 0 Å². The smallest absolute Gasteiger partial charge is 0.0159 e. The number of benzene rings is 1. The maximum Gasteiger partial charge on any atom is -0.0159 e. The minimum Gasteiger partial charge on any atom is -0.0683 e. The highest BCUT2D eigenvalue weighted by Crippen LogP contribution is 2.29. The van der Waals surface area contributed by atoms with E-state index in [2.05, 4.69) is 45.9 Å². The molecule has 1 atom stereocenters. The lowest BCUT2D eigenvalue weighted by atomic mass is 9.86. The number of aryl methyl sites for hydroxylation is 2. The van der Waals surface area contributed by atoms with Gasteiger partial charge in [0.2, 0.25) is 0 Å². The second-order valence-corrected chi connectivity index (χ2v) is 4.20. The Morgan fingerprint density at radius 2 is 1.33 bits per heavy atom. The van der Waals surface area contributed by atoms with Crippen LogP contribution in [0.4, 0.5) is 0 Å². The fourth-order valence-corrected chi connectivity index (χ4v) is 2.37. The highest BCUT2D eigenvalue weighted by atomic mass is 14.2. The van der Waals surface area contributed by atoms with E-state index in [1.807, 2.05) is 27.7 Å². The predicted octanol–water partition coefficient (Wildman–Crippen LogP) is 6.65. The minimum atomic E-state index is 0.765. The van der Waals surface area contributed by atoms with Gasteiger partial charge in [0.1, 0.15) is 0 Å². The van der Waals surface area contributed by atoms with Crippen molar-refractivity contribution >= 4 is 0 Å². The summed E-state index contributed by atoms with van der Waals surface area (Å²) < 4.78 is 0. The van der Waals surface area contributed by atoms with Crippen LogP contribution >= 0.6 is 0 Å². The molecule has 0 amide bonds. The zero-order valence-corrected chi connectivity index (χ0v) is 13.9. The molecule has 0 N–H and O–H groups in total. The van der Waals surface area contributed by atoms with Crippen molar-refractivity contribution in [3.05, 3.63) is 34.9 Å². The largest absolute Gasteiger partial charge is 0.0683 e. The fraction of sp³-hybridized carbons (Fsp3) is 0.667. The first kappa shape index (κ1) is 19.6. The molecule has 0 radical (unpaired) electrons. The third kappa shape index (κ3) is 6.23. The van der Waals surface area contributed by atoms with Crippen LogP contribution in [-0.4, -0.2) is 0 Å². The highest BCUT2D eigenvalue weighted by molar-refractivity contribution is 5.36. The molecule has 18 heavy (non-hydrogen) atoms. The molecule has 0 bridgehead atoms. The highest BCUT2D eigenvalue weighted by Gasteiger charge is 2.12. The molecule has 0 saturated heterocycles. The third-order valence-corrected chi connectivity index (χ3v) is 3.08. The van der Waals surface area contributed by atoms with Gasteiger partial charge in [0.05, 0.1) is 0 Å². The second-order valence-electron chi connectivity index (χ2n) is 4.20. The standard InChI is InChI=1S/C14H22.2C2H6/c1-5-8-13(6-2)14-11(3)9-7-10-12(14)4;2*1-2/h7,9-10,13H,5-6,8H2,1-4H3;2*1-2H3. The fourth-order valence-electron chi connectivity index (χ4n) is 2.37. The molecular formula is C18H34. The van der Waals surface area contributed by atoms with E-state index in [-0.39, 0.29) is 0 Å². The zero-order chi connectivity index (χ0) is 14.6. The Morgan fingerprint density at radius 1 is 0.889 bits per heavy atom. The Hall–Kier alpha value is -0.780. The van der Waals surface area contributed by atoms with Crippen LogP contribution in [0.2, 0.25) is 0 Å². The van der Waals surface area contributed by atoms with Crippen molar-refractivity contribution in [3.63, 3.8) is 0 Å². The molecule has 1 aromatic carbocycles. The van der Waals surface area contributed by atoms with E-state index in [0.29, 0.717) is 0 Å². The first-order chi connectivity index (χ1) is 8.70. The molecule has 0 aliphatic rings. The van der Waals surface area contributed by atoms with Gasteiger partial charge in [-0.25, -0.2) is 0 Å². The van der Waals surface area contributed by atoms with Crippen LogP contribution in [0.25, 0.3) is 0 Å². The van der Waals surface area contributed by atoms with E-state index >= 15 is 0 Å². The molecule has 0 nitrogen and oxygen atoms in total. The van der Waals surface area contributed by atoms with Crippen LogP contribution in [0.1, 0.15) is 83.4 Å². The van der Waals surface area contributed by atoms with Crippen LogP contribution in [0.15, 0.2) is 18.2 Å². The van der Waals surface area contributed by atoms with Gasteiger partial charge in [0.25, 0.3) is 0 Å². The molecule has 0 aliphatic carbocycles. The van der Waals surface area contributed by atoms with Crippen LogP contribution in [0, 0.1) is 13.8 Å². The number of hydrogen-bond donors (Lipinski definition) is 0. The summed E-state index contributed by atoms with van der Waals surface area (Å²) in [5.41, 5.74) is 4.52. The summed E-state index contributed by atoms with van der Waals surface area (Å²) in [5.74, 6) is 0.765. The van der Waals surface area contributed by atoms with E-state index in [1.54, 1.807) is 5.56 Å². The van der Waals surface area contributed by atoms with Gasteiger partial charge in [-0.3, -0.25) is 0 Å². The topological polar surface area (TPSA) is 0 Å². The maximum absolute atomic E-state index is 2.30. The minimum absolute atomic E-state index is 0.765. The Morgan fingerprint density at radius 3 is 1.67 bits per heavy atom. The molecular weight excluding hydrogens is 216 g/mol. The van der Waals surface area contributed by atoms with Crippen molar-refractivity contribution in [1.82, 2.24) is 0 Å². The Bertz CT molecular complexity index is 266. The average molecular weight is 250 g/mol. The lowest BCUT2D eigenvalue weighted by Crippen LogP contribution is -2.02. The predicted molar refractivity (Wildman–Crippen MR) is 86.6 cm³/mol. The Kier molecular flexibility index (Phi) is 13.8. The summed E-state index contributed by atoms with van der Waals surface area (Å²) in [4.78, 5) is 0. The molecule has 0 saturated carbocycles. The SMILES string of the molecule is CC.CC.CCCC(CC)c1c(C)cccc1C.